The number of fused-ring (bicyclic) bond motifs is 1. The molecular formula is C25H27N3O2. The summed E-state index contributed by atoms with van der Waals surface area (Å²) >= 11 is 0. The Morgan fingerprint density at radius 3 is 2.93 bits per heavy atom. The van der Waals surface area contributed by atoms with Crippen LogP contribution in [0.1, 0.15) is 47.2 Å². The third kappa shape index (κ3) is 3.65. The molecule has 2 aliphatic rings. The molecule has 1 amide bonds. The molecule has 154 valence electrons. The second-order valence-electron chi connectivity index (χ2n) is 8.49. The zero-order chi connectivity index (χ0) is 20.6. The number of rotatable bonds is 6. The van der Waals surface area contributed by atoms with E-state index in [1.807, 2.05) is 43.3 Å². The SMILES string of the molecule is Cc1ccc(OC[C@H]2CCCN2)cc1C(=O)NC1(c2cccc3ncccc23)CC1. The Morgan fingerprint density at radius 1 is 1.23 bits per heavy atom. The van der Waals surface area contributed by atoms with Crippen molar-refractivity contribution in [2.75, 3.05) is 13.2 Å². The third-order valence-electron chi connectivity index (χ3n) is 6.33. The van der Waals surface area contributed by atoms with E-state index >= 15 is 0 Å². The number of hydrogen-bond acceptors (Lipinski definition) is 4. The second-order valence-corrected chi connectivity index (χ2v) is 8.49. The monoisotopic (exact) mass is 401 g/mol. The molecule has 5 heteroatoms. The molecule has 2 aromatic carbocycles. The minimum absolute atomic E-state index is 0.0460. The summed E-state index contributed by atoms with van der Waals surface area (Å²) in [5.74, 6) is 0.703. The van der Waals surface area contributed by atoms with Crippen LogP contribution < -0.4 is 15.4 Å². The van der Waals surface area contributed by atoms with Gasteiger partial charge in [0.15, 0.2) is 0 Å². The molecule has 0 spiro atoms. The normalized spacial score (nSPS) is 19.6. The Balaban J connectivity index is 1.36. The molecule has 5 nitrogen and oxygen atoms in total. The topological polar surface area (TPSA) is 63.2 Å². The molecule has 3 aromatic rings. The average molecular weight is 402 g/mol. The molecule has 5 rings (SSSR count). The van der Waals surface area contributed by atoms with Crippen LogP contribution in [0.5, 0.6) is 5.75 Å². The van der Waals surface area contributed by atoms with Gasteiger partial charge in [0.25, 0.3) is 5.91 Å². The highest BCUT2D eigenvalue weighted by molar-refractivity contribution is 5.97. The molecule has 1 atom stereocenters. The summed E-state index contributed by atoms with van der Waals surface area (Å²) in [6.45, 7) is 3.66. The lowest BCUT2D eigenvalue weighted by Gasteiger charge is -2.21. The number of hydrogen-bond donors (Lipinski definition) is 2. The average Bonchev–Trinajstić information content (AvgIpc) is 3.35. The van der Waals surface area contributed by atoms with Crippen molar-refractivity contribution >= 4 is 16.8 Å². The summed E-state index contributed by atoms with van der Waals surface area (Å²) in [6.07, 6.45) is 6.02. The fourth-order valence-electron chi connectivity index (χ4n) is 4.42. The van der Waals surface area contributed by atoms with E-state index in [1.165, 1.54) is 6.42 Å². The summed E-state index contributed by atoms with van der Waals surface area (Å²) in [7, 11) is 0. The Labute approximate surface area is 176 Å². The number of carbonyl (C=O) groups is 1. The highest BCUT2D eigenvalue weighted by atomic mass is 16.5. The van der Waals surface area contributed by atoms with E-state index in [4.69, 9.17) is 4.74 Å². The van der Waals surface area contributed by atoms with Crippen LogP contribution in [0.25, 0.3) is 10.9 Å². The number of amides is 1. The van der Waals surface area contributed by atoms with Crippen LogP contribution in [-0.4, -0.2) is 30.1 Å². The molecule has 0 unspecified atom stereocenters. The summed E-state index contributed by atoms with van der Waals surface area (Å²) in [4.78, 5) is 17.7. The highest BCUT2D eigenvalue weighted by Gasteiger charge is 2.46. The van der Waals surface area contributed by atoms with Gasteiger partial charge in [-0.3, -0.25) is 9.78 Å². The van der Waals surface area contributed by atoms with Gasteiger partial charge in [0.1, 0.15) is 12.4 Å². The zero-order valence-corrected chi connectivity index (χ0v) is 17.3. The van der Waals surface area contributed by atoms with Gasteiger partial charge in [-0.05, 0) is 74.5 Å². The first-order valence-electron chi connectivity index (χ1n) is 10.8. The van der Waals surface area contributed by atoms with E-state index in [9.17, 15) is 4.79 Å². The number of benzene rings is 2. The molecule has 1 aromatic heterocycles. The number of nitrogens with one attached hydrogen (secondary N) is 2. The van der Waals surface area contributed by atoms with E-state index in [1.54, 1.807) is 6.20 Å². The van der Waals surface area contributed by atoms with Crippen molar-refractivity contribution in [2.24, 2.45) is 0 Å². The van der Waals surface area contributed by atoms with Crippen molar-refractivity contribution in [2.45, 2.75) is 44.2 Å². The fraction of sp³-hybridized carbons (Fsp3) is 0.360. The van der Waals surface area contributed by atoms with Crippen molar-refractivity contribution in [1.82, 2.24) is 15.6 Å². The van der Waals surface area contributed by atoms with Crippen LogP contribution in [0.15, 0.2) is 54.7 Å². The minimum Gasteiger partial charge on any atom is -0.492 e. The van der Waals surface area contributed by atoms with Gasteiger partial charge in [-0.1, -0.05) is 24.3 Å². The lowest BCUT2D eigenvalue weighted by Crippen LogP contribution is -2.35. The van der Waals surface area contributed by atoms with Gasteiger partial charge in [-0.15, -0.1) is 0 Å². The quantitative estimate of drug-likeness (QED) is 0.653. The molecule has 1 saturated heterocycles. The zero-order valence-electron chi connectivity index (χ0n) is 17.3. The number of pyridine rings is 1. The lowest BCUT2D eigenvalue weighted by molar-refractivity contribution is 0.0930. The number of aryl methyl sites for hydroxylation is 1. The fourth-order valence-corrected chi connectivity index (χ4v) is 4.42. The van der Waals surface area contributed by atoms with Gasteiger partial charge >= 0.3 is 0 Å². The number of aromatic nitrogens is 1. The second kappa shape index (κ2) is 7.73. The molecule has 0 bridgehead atoms. The van der Waals surface area contributed by atoms with E-state index in [-0.39, 0.29) is 11.4 Å². The largest absolute Gasteiger partial charge is 0.492 e. The van der Waals surface area contributed by atoms with Crippen molar-refractivity contribution in [3.8, 4) is 5.75 Å². The van der Waals surface area contributed by atoms with Gasteiger partial charge in [-0.2, -0.15) is 0 Å². The standard InChI is InChI=1S/C25H27N3O2/c1-17-9-10-19(30-16-18-5-3-13-26-18)15-21(17)24(29)28-25(11-12-25)22-7-2-8-23-20(22)6-4-14-27-23/h2,4,6-10,14-15,18,26H,3,5,11-13,16H2,1H3,(H,28,29)/t18-/m1/s1. The summed E-state index contributed by atoms with van der Waals surface area (Å²) in [5.41, 5.74) is 3.43. The molecule has 1 saturated carbocycles. The Hall–Kier alpha value is -2.92. The maximum absolute atomic E-state index is 13.2. The first-order chi connectivity index (χ1) is 14.6. The molecule has 0 radical (unpaired) electrons. The van der Waals surface area contributed by atoms with Crippen LogP contribution in [0.3, 0.4) is 0 Å². The van der Waals surface area contributed by atoms with E-state index < -0.39 is 0 Å². The van der Waals surface area contributed by atoms with Gasteiger partial charge in [0.05, 0.1) is 11.1 Å². The Bertz CT molecular complexity index is 1080. The van der Waals surface area contributed by atoms with Crippen molar-refractivity contribution < 1.29 is 9.53 Å². The van der Waals surface area contributed by atoms with Gasteiger partial charge in [-0.25, -0.2) is 0 Å². The smallest absolute Gasteiger partial charge is 0.252 e. The first kappa shape index (κ1) is 19.1. The predicted octanol–water partition coefficient (Wildman–Crippen LogP) is 4.09. The summed E-state index contributed by atoms with van der Waals surface area (Å²) in [6, 6.07) is 16.4. The van der Waals surface area contributed by atoms with E-state index in [2.05, 4.69) is 27.8 Å². The van der Waals surface area contributed by atoms with Crippen LogP contribution >= 0.6 is 0 Å². The van der Waals surface area contributed by atoms with Gasteiger partial charge < -0.3 is 15.4 Å². The van der Waals surface area contributed by atoms with Crippen LogP contribution in [0, 0.1) is 6.92 Å². The summed E-state index contributed by atoms with van der Waals surface area (Å²) in [5, 5.41) is 7.87. The highest BCUT2D eigenvalue weighted by Crippen LogP contribution is 2.48. The van der Waals surface area contributed by atoms with Crippen molar-refractivity contribution in [3.63, 3.8) is 0 Å². The predicted molar refractivity (Wildman–Crippen MR) is 118 cm³/mol. The number of ether oxygens (including phenoxy) is 1. The van der Waals surface area contributed by atoms with Crippen LogP contribution in [-0.2, 0) is 5.54 Å². The lowest BCUT2D eigenvalue weighted by atomic mass is 9.98. The third-order valence-corrected chi connectivity index (χ3v) is 6.33. The molecule has 2 N–H and O–H groups in total. The molecule has 1 aliphatic heterocycles. The van der Waals surface area contributed by atoms with E-state index in [0.29, 0.717) is 18.2 Å². The Morgan fingerprint density at radius 2 is 2.13 bits per heavy atom. The maximum Gasteiger partial charge on any atom is 0.252 e. The minimum atomic E-state index is -0.309. The molecule has 1 aliphatic carbocycles. The van der Waals surface area contributed by atoms with E-state index in [0.717, 1.165) is 53.6 Å². The first-order valence-corrected chi connectivity index (χ1v) is 10.8. The molecular weight excluding hydrogens is 374 g/mol. The van der Waals surface area contributed by atoms with Crippen LogP contribution in [0.2, 0.25) is 0 Å². The summed E-state index contributed by atoms with van der Waals surface area (Å²) < 4.78 is 5.97. The molecule has 2 fully saturated rings. The Kier molecular flexibility index (Phi) is 4.91. The molecule has 30 heavy (non-hydrogen) atoms. The van der Waals surface area contributed by atoms with Crippen molar-refractivity contribution in [1.29, 1.82) is 0 Å². The molecule has 2 heterocycles. The number of carbonyl (C=O) groups excluding carboxylic acids is 1. The van der Waals surface area contributed by atoms with Gasteiger partial charge in [0, 0.05) is 23.2 Å². The van der Waals surface area contributed by atoms with Crippen LogP contribution in [0.4, 0.5) is 0 Å². The number of nitrogens with zero attached hydrogens (tertiary/aromatic N) is 1. The van der Waals surface area contributed by atoms with Crippen molar-refractivity contribution in [3.05, 3.63) is 71.4 Å². The maximum atomic E-state index is 13.2. The van der Waals surface area contributed by atoms with Gasteiger partial charge in [0.2, 0.25) is 0 Å².